The van der Waals surface area contributed by atoms with Crippen molar-refractivity contribution in [3.63, 3.8) is 0 Å². The topological polar surface area (TPSA) is 105 Å². The van der Waals surface area contributed by atoms with Crippen molar-refractivity contribution < 1.29 is 19.7 Å². The Hall–Kier alpha value is -1.57. The first kappa shape index (κ1) is 13.9. The number of hydrogen-bond acceptors (Lipinski definition) is 6. The van der Waals surface area contributed by atoms with Crippen LogP contribution in [0.25, 0.3) is 0 Å². The number of aliphatic hydroxyl groups is 1. The maximum Gasteiger partial charge on any atom is 0.339 e. The largest absolute Gasteiger partial charge is 0.478 e. The molecule has 1 aliphatic heterocycles. The minimum Gasteiger partial charge on any atom is -0.478 e. The first-order valence-electron chi connectivity index (χ1n) is 6.13. The highest BCUT2D eigenvalue weighted by Gasteiger charge is 2.31. The van der Waals surface area contributed by atoms with Gasteiger partial charge < -0.3 is 20.3 Å². The molecule has 0 amide bonds. The van der Waals surface area contributed by atoms with Gasteiger partial charge in [0.1, 0.15) is 11.9 Å². The quantitative estimate of drug-likeness (QED) is 0.679. The molecule has 7 heteroatoms. The van der Waals surface area contributed by atoms with Gasteiger partial charge in [0, 0.05) is 31.5 Å². The zero-order valence-corrected chi connectivity index (χ0v) is 10.5. The molecule has 1 fully saturated rings. The number of carboxylic acid groups (broad SMARTS) is 1. The zero-order chi connectivity index (χ0) is 13.7. The van der Waals surface area contributed by atoms with Crippen molar-refractivity contribution in [2.75, 3.05) is 19.8 Å². The minimum atomic E-state index is -1.05. The molecule has 0 bridgehead atoms. The first-order chi connectivity index (χ1) is 9.17. The third-order valence-electron chi connectivity index (χ3n) is 3.41. The van der Waals surface area contributed by atoms with Gasteiger partial charge in [0.25, 0.3) is 0 Å². The summed E-state index contributed by atoms with van der Waals surface area (Å²) in [5, 5.41) is 21.8. The summed E-state index contributed by atoms with van der Waals surface area (Å²) in [6.07, 6.45) is 3.98. The third kappa shape index (κ3) is 3.25. The van der Waals surface area contributed by atoms with Gasteiger partial charge in [-0.05, 0) is 12.8 Å². The molecule has 0 aliphatic carbocycles. The highest BCUT2D eigenvalue weighted by atomic mass is 16.5. The van der Waals surface area contributed by atoms with E-state index >= 15 is 0 Å². The van der Waals surface area contributed by atoms with E-state index in [0.29, 0.717) is 31.7 Å². The van der Waals surface area contributed by atoms with Crippen LogP contribution in [0.2, 0.25) is 0 Å². The van der Waals surface area contributed by atoms with E-state index in [9.17, 15) is 9.90 Å². The van der Waals surface area contributed by atoms with Crippen molar-refractivity contribution >= 4 is 5.97 Å². The molecule has 104 valence electrons. The van der Waals surface area contributed by atoms with Crippen LogP contribution in [0.5, 0.6) is 0 Å². The molecular weight excluding hydrogens is 250 g/mol. The number of ether oxygens (including phenoxy) is 1. The van der Waals surface area contributed by atoms with Crippen LogP contribution in [-0.2, 0) is 11.3 Å². The van der Waals surface area contributed by atoms with E-state index in [1.807, 2.05) is 0 Å². The van der Waals surface area contributed by atoms with Gasteiger partial charge in [0.05, 0.1) is 12.3 Å². The van der Waals surface area contributed by atoms with Crippen molar-refractivity contribution in [2.24, 2.45) is 0 Å². The van der Waals surface area contributed by atoms with E-state index < -0.39 is 11.5 Å². The molecule has 1 aromatic rings. The van der Waals surface area contributed by atoms with Crippen LogP contribution in [0, 0.1) is 0 Å². The lowest BCUT2D eigenvalue weighted by molar-refractivity contribution is 0.0109. The van der Waals surface area contributed by atoms with E-state index in [1.165, 1.54) is 12.5 Å². The Balaban J connectivity index is 2.07. The second-order valence-electron chi connectivity index (χ2n) is 4.59. The molecule has 0 atom stereocenters. The number of rotatable bonds is 5. The Bertz CT molecular complexity index is 446. The fourth-order valence-corrected chi connectivity index (χ4v) is 2.10. The average Bonchev–Trinajstić information content (AvgIpc) is 2.46. The number of carboxylic acids is 1. The lowest BCUT2D eigenvalue weighted by atomic mass is 9.91. The lowest BCUT2D eigenvalue weighted by Crippen LogP contribution is -2.52. The average molecular weight is 267 g/mol. The van der Waals surface area contributed by atoms with Crippen LogP contribution in [-0.4, -0.2) is 51.5 Å². The molecule has 2 rings (SSSR count). The second-order valence-corrected chi connectivity index (χ2v) is 4.59. The van der Waals surface area contributed by atoms with Crippen molar-refractivity contribution in [3.05, 3.63) is 23.8 Å². The van der Waals surface area contributed by atoms with Gasteiger partial charge in [-0.25, -0.2) is 14.8 Å². The normalized spacial score (nSPS) is 18.2. The smallest absolute Gasteiger partial charge is 0.339 e. The summed E-state index contributed by atoms with van der Waals surface area (Å²) < 4.78 is 5.27. The van der Waals surface area contributed by atoms with Crippen LogP contribution < -0.4 is 5.32 Å². The Morgan fingerprint density at radius 3 is 2.84 bits per heavy atom. The molecule has 7 nitrogen and oxygen atoms in total. The van der Waals surface area contributed by atoms with Crippen LogP contribution in [0.3, 0.4) is 0 Å². The summed E-state index contributed by atoms with van der Waals surface area (Å²) in [6.45, 7) is 1.45. The van der Waals surface area contributed by atoms with Crippen molar-refractivity contribution in [2.45, 2.75) is 24.9 Å². The van der Waals surface area contributed by atoms with Gasteiger partial charge in [-0.15, -0.1) is 0 Å². The summed E-state index contributed by atoms with van der Waals surface area (Å²) in [4.78, 5) is 18.7. The number of nitrogens with one attached hydrogen (secondary N) is 1. The molecule has 2 heterocycles. The minimum absolute atomic E-state index is 0.0101. The molecule has 3 N–H and O–H groups in total. The van der Waals surface area contributed by atoms with E-state index in [0.717, 1.165) is 0 Å². The summed E-state index contributed by atoms with van der Waals surface area (Å²) in [7, 11) is 0. The summed E-state index contributed by atoms with van der Waals surface area (Å²) in [5.74, 6) is -1.05. The van der Waals surface area contributed by atoms with Gasteiger partial charge in [0.2, 0.25) is 0 Å². The molecule has 0 saturated carbocycles. The lowest BCUT2D eigenvalue weighted by Gasteiger charge is -2.36. The fourth-order valence-electron chi connectivity index (χ4n) is 2.10. The van der Waals surface area contributed by atoms with Gasteiger partial charge >= 0.3 is 5.97 Å². The molecule has 0 aromatic carbocycles. The number of aromatic carboxylic acids is 1. The number of carbonyl (C=O) groups is 1. The van der Waals surface area contributed by atoms with Crippen LogP contribution in [0.15, 0.2) is 12.5 Å². The van der Waals surface area contributed by atoms with Gasteiger partial charge in [-0.1, -0.05) is 0 Å². The zero-order valence-electron chi connectivity index (χ0n) is 10.5. The maximum absolute atomic E-state index is 11.0. The van der Waals surface area contributed by atoms with Gasteiger partial charge in [0.15, 0.2) is 0 Å². The predicted molar refractivity (Wildman–Crippen MR) is 65.7 cm³/mol. The molecule has 0 unspecified atom stereocenters. The van der Waals surface area contributed by atoms with Crippen molar-refractivity contribution in [1.29, 1.82) is 0 Å². The van der Waals surface area contributed by atoms with Crippen LogP contribution in [0.4, 0.5) is 0 Å². The fraction of sp³-hybridized carbons (Fsp3) is 0.583. The summed E-state index contributed by atoms with van der Waals surface area (Å²) >= 11 is 0. The van der Waals surface area contributed by atoms with Gasteiger partial charge in [-0.2, -0.15) is 0 Å². The first-order valence-corrected chi connectivity index (χ1v) is 6.13. The Labute approximate surface area is 110 Å². The summed E-state index contributed by atoms with van der Waals surface area (Å²) in [5.41, 5.74) is 0.0795. The van der Waals surface area contributed by atoms with E-state index in [-0.39, 0.29) is 18.7 Å². The molecule has 0 radical (unpaired) electrons. The highest BCUT2D eigenvalue weighted by Crippen LogP contribution is 2.20. The monoisotopic (exact) mass is 267 g/mol. The number of hydrogen-bond donors (Lipinski definition) is 3. The van der Waals surface area contributed by atoms with E-state index in [1.54, 1.807) is 0 Å². The van der Waals surface area contributed by atoms with E-state index in [4.69, 9.17) is 9.84 Å². The van der Waals surface area contributed by atoms with Crippen molar-refractivity contribution in [3.8, 4) is 0 Å². The van der Waals surface area contributed by atoms with Crippen LogP contribution >= 0.6 is 0 Å². The predicted octanol–water partition coefficient (Wildman–Crippen LogP) is -0.194. The second kappa shape index (κ2) is 6.05. The SMILES string of the molecule is O=C(O)c1cncnc1CNC1(CO)CCOCC1. The summed E-state index contributed by atoms with van der Waals surface area (Å²) in [6, 6.07) is 0. The molecule has 1 aliphatic rings. The van der Waals surface area contributed by atoms with Crippen molar-refractivity contribution in [1.82, 2.24) is 15.3 Å². The molecule has 0 spiro atoms. The Morgan fingerprint density at radius 1 is 1.47 bits per heavy atom. The number of aromatic nitrogens is 2. The molecule has 1 saturated heterocycles. The molecule has 19 heavy (non-hydrogen) atoms. The standard InChI is InChI=1S/C12H17N3O4/c16-7-12(1-3-19-4-2-12)15-6-10-9(11(17)18)5-13-8-14-10/h5,8,15-16H,1-4,6-7H2,(H,17,18). The number of nitrogens with zero attached hydrogens (tertiary/aromatic N) is 2. The van der Waals surface area contributed by atoms with Gasteiger partial charge in [-0.3, -0.25) is 0 Å². The van der Waals surface area contributed by atoms with E-state index in [2.05, 4.69) is 15.3 Å². The highest BCUT2D eigenvalue weighted by molar-refractivity contribution is 5.88. The maximum atomic E-state index is 11.0. The third-order valence-corrected chi connectivity index (χ3v) is 3.41. The molecule has 1 aromatic heterocycles. The Kier molecular flexibility index (Phi) is 4.41. The van der Waals surface area contributed by atoms with Crippen LogP contribution in [0.1, 0.15) is 28.9 Å². The number of aliphatic hydroxyl groups excluding tert-OH is 1. The molecular formula is C12H17N3O4. The Morgan fingerprint density at radius 2 is 2.21 bits per heavy atom.